The van der Waals surface area contributed by atoms with Gasteiger partial charge in [-0.05, 0) is 0 Å². The quantitative estimate of drug-likeness (QED) is 0.707. The van der Waals surface area contributed by atoms with E-state index in [4.69, 9.17) is 10.5 Å². The van der Waals surface area contributed by atoms with Crippen molar-refractivity contribution in [1.29, 1.82) is 0 Å². The van der Waals surface area contributed by atoms with Gasteiger partial charge in [0.2, 0.25) is 0 Å². The molecule has 20 heavy (non-hydrogen) atoms. The first-order valence-electron chi connectivity index (χ1n) is 6.01. The summed E-state index contributed by atoms with van der Waals surface area (Å²) in [4.78, 5) is 16.0. The molecule has 1 aliphatic heterocycles. The molecule has 3 rings (SSSR count). The van der Waals surface area contributed by atoms with Crippen LogP contribution in [0.25, 0.3) is 0 Å². The normalized spacial score (nSPS) is 17.4. The Morgan fingerprint density at radius 1 is 1.55 bits per heavy atom. The van der Waals surface area contributed by atoms with E-state index in [0.717, 1.165) is 10.0 Å². The number of nitrogens with two attached hydrogens (primary N) is 1. The number of hydrogen-bond acceptors (Lipinski definition) is 5. The molecular weight excluding hydrogens is 325 g/mol. The zero-order valence-electron chi connectivity index (χ0n) is 10.7. The summed E-state index contributed by atoms with van der Waals surface area (Å²) >= 11 is -0.0428. The van der Waals surface area contributed by atoms with Crippen LogP contribution in [0, 0.1) is 0 Å². The fourth-order valence-corrected chi connectivity index (χ4v) is 4.24. The van der Waals surface area contributed by atoms with Gasteiger partial charge in [-0.1, -0.05) is 0 Å². The van der Waals surface area contributed by atoms with Crippen LogP contribution in [0.5, 0.6) is 11.5 Å². The van der Waals surface area contributed by atoms with Crippen LogP contribution in [-0.4, -0.2) is 37.6 Å². The molecule has 4 N–H and O–H groups in total. The van der Waals surface area contributed by atoms with Crippen molar-refractivity contribution >= 4 is 30.9 Å². The summed E-state index contributed by atoms with van der Waals surface area (Å²) in [5, 5.41) is 12.4. The van der Waals surface area contributed by atoms with Gasteiger partial charge in [-0.3, -0.25) is 0 Å². The number of amides is 1. The van der Waals surface area contributed by atoms with Gasteiger partial charge in [-0.2, -0.15) is 0 Å². The monoisotopic (exact) mass is 339 g/mol. The average Bonchev–Trinajstić information content (AvgIpc) is 2.78. The molecule has 1 aromatic heterocycles. The molecule has 1 amide bonds. The topological polar surface area (TPSA) is 97.5 Å². The number of rotatable bonds is 2. The Labute approximate surface area is 121 Å². The van der Waals surface area contributed by atoms with Crippen molar-refractivity contribution in [1.82, 2.24) is 4.98 Å². The second-order valence-electron chi connectivity index (χ2n) is 4.50. The van der Waals surface area contributed by atoms with Crippen LogP contribution in [0.3, 0.4) is 0 Å². The third-order valence-electron chi connectivity index (χ3n) is 3.24. The minimum atomic E-state index is -0.0740. The number of nitrogens with zero attached hydrogens (tertiary/aromatic N) is 1. The van der Waals surface area contributed by atoms with Crippen molar-refractivity contribution in [2.75, 3.05) is 18.2 Å². The summed E-state index contributed by atoms with van der Waals surface area (Å²) in [6.07, 6.45) is 0.358. The molecule has 1 unspecified atom stereocenters. The molecule has 0 spiro atoms. The standard InChI is InChI=1S/C13H13N3O3Se/c1-19-9-4-6(2-3-8(9)17)7-5-10(18)15-12-11(7)20-13(14)16-12/h2-4,7,17H,5H2,1H3,(H2,14,16)(H,15,18). The molecule has 1 aromatic carbocycles. The predicted molar refractivity (Wildman–Crippen MR) is 75.3 cm³/mol. The number of nitrogens with one attached hydrogen (secondary N) is 1. The van der Waals surface area contributed by atoms with Gasteiger partial charge in [0.15, 0.2) is 0 Å². The van der Waals surface area contributed by atoms with E-state index in [0.29, 0.717) is 22.7 Å². The first kappa shape index (κ1) is 13.0. The van der Waals surface area contributed by atoms with Gasteiger partial charge in [0.05, 0.1) is 0 Å². The average molecular weight is 338 g/mol. The van der Waals surface area contributed by atoms with Gasteiger partial charge in [0.1, 0.15) is 0 Å². The number of anilines is 2. The van der Waals surface area contributed by atoms with E-state index in [1.54, 1.807) is 18.2 Å². The number of fused-ring (bicyclic) bond motifs is 1. The number of carbonyl (C=O) groups is 1. The van der Waals surface area contributed by atoms with E-state index in [9.17, 15) is 9.90 Å². The Morgan fingerprint density at radius 2 is 2.35 bits per heavy atom. The summed E-state index contributed by atoms with van der Waals surface area (Å²) in [6, 6.07) is 5.14. The van der Waals surface area contributed by atoms with E-state index in [1.807, 2.05) is 0 Å². The van der Waals surface area contributed by atoms with E-state index in [1.165, 1.54) is 7.11 Å². The molecule has 2 aromatic rings. The molecule has 104 valence electrons. The van der Waals surface area contributed by atoms with Gasteiger partial charge >= 0.3 is 121 Å². The molecule has 7 heteroatoms. The molecule has 6 nitrogen and oxygen atoms in total. The molecule has 2 heterocycles. The Balaban J connectivity index is 2.07. The SMILES string of the molecule is COc1cc(C2CC(=O)Nc3nc(N)[se]c32)ccc1O. The van der Waals surface area contributed by atoms with Crippen LogP contribution in [-0.2, 0) is 4.79 Å². The predicted octanol–water partition coefficient (Wildman–Crippen LogP) is 0.909. The molecule has 0 aliphatic carbocycles. The number of nitrogen functional groups attached to an aromatic ring is 1. The molecular formula is C13H13N3O3Se. The number of benzene rings is 1. The number of hydrogen-bond donors (Lipinski definition) is 3. The second-order valence-corrected chi connectivity index (χ2v) is 6.73. The summed E-state index contributed by atoms with van der Waals surface area (Å²) < 4.78 is 6.76. The Bertz CT molecular complexity index is 683. The number of carbonyl (C=O) groups excluding carboxylic acids is 1. The van der Waals surface area contributed by atoms with E-state index >= 15 is 0 Å². The molecule has 1 aliphatic rings. The van der Waals surface area contributed by atoms with Crippen molar-refractivity contribution in [3.05, 3.63) is 28.2 Å². The number of phenolic OH excluding ortho intramolecular Hbond substituents is 1. The second kappa shape index (κ2) is 4.85. The fraction of sp³-hybridized carbons (Fsp3) is 0.231. The number of methoxy groups -OCH3 is 1. The van der Waals surface area contributed by atoms with E-state index in [2.05, 4.69) is 10.3 Å². The number of aromatic nitrogens is 1. The molecule has 0 fully saturated rings. The summed E-state index contributed by atoms with van der Waals surface area (Å²) in [6.45, 7) is 0. The number of phenols is 1. The first-order chi connectivity index (χ1) is 9.58. The molecule has 1 atom stereocenters. The summed E-state index contributed by atoms with van der Waals surface area (Å²) in [5.74, 6) is 0.942. The Morgan fingerprint density at radius 3 is 3.10 bits per heavy atom. The van der Waals surface area contributed by atoms with Gasteiger partial charge in [-0.25, -0.2) is 0 Å². The molecule has 0 saturated carbocycles. The molecule has 0 saturated heterocycles. The van der Waals surface area contributed by atoms with Gasteiger partial charge in [0, 0.05) is 0 Å². The maximum atomic E-state index is 11.8. The third kappa shape index (κ3) is 2.15. The van der Waals surface area contributed by atoms with Gasteiger partial charge in [0.25, 0.3) is 0 Å². The van der Waals surface area contributed by atoms with Crippen molar-refractivity contribution < 1.29 is 14.6 Å². The van der Waals surface area contributed by atoms with Crippen molar-refractivity contribution in [2.45, 2.75) is 12.3 Å². The summed E-state index contributed by atoms with van der Waals surface area (Å²) in [7, 11) is 1.50. The first-order valence-corrected chi connectivity index (χ1v) is 7.72. The van der Waals surface area contributed by atoms with Crippen LogP contribution in [0.4, 0.5) is 10.5 Å². The third-order valence-corrected chi connectivity index (χ3v) is 5.33. The number of aromatic hydroxyl groups is 1. The fourth-order valence-electron chi connectivity index (χ4n) is 2.32. The zero-order valence-corrected chi connectivity index (χ0v) is 12.4. The molecule has 0 radical (unpaired) electrons. The minimum absolute atomic E-state index is 0.0428. The van der Waals surface area contributed by atoms with Crippen LogP contribution < -0.4 is 15.8 Å². The van der Waals surface area contributed by atoms with Crippen LogP contribution in [0.2, 0.25) is 0 Å². The zero-order chi connectivity index (χ0) is 14.3. The van der Waals surface area contributed by atoms with Gasteiger partial charge in [-0.15, -0.1) is 0 Å². The van der Waals surface area contributed by atoms with Gasteiger partial charge < -0.3 is 0 Å². The van der Waals surface area contributed by atoms with E-state index < -0.39 is 0 Å². The van der Waals surface area contributed by atoms with Crippen LogP contribution in [0.15, 0.2) is 18.2 Å². The maximum absolute atomic E-state index is 11.8. The number of ether oxygens (including phenoxy) is 1. The Hall–Kier alpha value is -1.98. The Kier molecular flexibility index (Phi) is 3.16. The van der Waals surface area contributed by atoms with Crippen LogP contribution >= 0.6 is 0 Å². The van der Waals surface area contributed by atoms with Crippen molar-refractivity contribution in [3.63, 3.8) is 0 Å². The van der Waals surface area contributed by atoms with Crippen molar-refractivity contribution in [3.8, 4) is 11.5 Å². The summed E-state index contributed by atoms with van der Waals surface area (Å²) in [5.41, 5.74) is 6.71. The van der Waals surface area contributed by atoms with Crippen LogP contribution in [0.1, 0.15) is 22.3 Å². The van der Waals surface area contributed by atoms with Crippen molar-refractivity contribution in [2.24, 2.45) is 0 Å². The molecule has 0 bridgehead atoms. The van der Waals surface area contributed by atoms with E-state index in [-0.39, 0.29) is 32.1 Å².